The maximum Gasteiger partial charge on any atom is 0.145 e. The lowest BCUT2D eigenvalue weighted by molar-refractivity contribution is 0.393. The molecule has 0 aliphatic rings. The highest BCUT2D eigenvalue weighted by Crippen LogP contribution is 2.37. The minimum absolute atomic E-state index is 0.406. The Balaban J connectivity index is 2.98. The van der Waals surface area contributed by atoms with Crippen molar-refractivity contribution in [3.05, 3.63) is 17.2 Å². The lowest BCUT2D eigenvalue weighted by Gasteiger charge is -2.25. The molecule has 0 aliphatic carbocycles. The maximum atomic E-state index is 6.23. The summed E-state index contributed by atoms with van der Waals surface area (Å²) in [5.74, 6) is 2.67. The molecule has 0 unspecified atom stereocenters. The Hall–Kier alpha value is -1.09. The van der Waals surface area contributed by atoms with Gasteiger partial charge in [0, 0.05) is 12.1 Å². The second-order valence-corrected chi connectivity index (χ2v) is 6.69. The van der Waals surface area contributed by atoms with Crippen molar-refractivity contribution in [3.63, 3.8) is 0 Å². The molecular formula is C17H28ClNO2. The van der Waals surface area contributed by atoms with Gasteiger partial charge in [-0.2, -0.15) is 0 Å². The third-order valence-corrected chi connectivity index (χ3v) is 3.64. The number of anilines is 1. The van der Waals surface area contributed by atoms with Gasteiger partial charge in [-0.1, -0.05) is 39.3 Å². The first-order valence-corrected chi connectivity index (χ1v) is 7.93. The van der Waals surface area contributed by atoms with Gasteiger partial charge in [0.1, 0.15) is 11.5 Å². The van der Waals surface area contributed by atoms with Crippen LogP contribution < -0.4 is 14.8 Å². The van der Waals surface area contributed by atoms with Crippen molar-refractivity contribution in [2.24, 2.45) is 11.8 Å². The molecule has 1 rings (SSSR count). The molecule has 0 heterocycles. The summed E-state index contributed by atoms with van der Waals surface area (Å²) < 4.78 is 10.7. The van der Waals surface area contributed by atoms with Crippen LogP contribution in [0, 0.1) is 11.8 Å². The third-order valence-electron chi connectivity index (χ3n) is 3.35. The molecule has 0 saturated carbocycles. The van der Waals surface area contributed by atoms with Crippen LogP contribution in [0.2, 0.25) is 5.02 Å². The standard InChI is InChI=1S/C17H28ClNO2/c1-11(2)7-13(8-12(3)4)19-15-9-14(18)16(20-5)10-17(15)21-6/h9-13,19H,7-8H2,1-6H3. The number of rotatable bonds is 8. The summed E-state index contributed by atoms with van der Waals surface area (Å²) in [6, 6.07) is 4.11. The molecule has 1 N–H and O–H groups in total. The molecule has 0 fully saturated rings. The summed E-state index contributed by atoms with van der Waals surface area (Å²) >= 11 is 6.23. The number of benzene rings is 1. The molecule has 4 heteroatoms. The fourth-order valence-corrected chi connectivity index (χ4v) is 2.79. The zero-order valence-corrected chi connectivity index (χ0v) is 14.8. The zero-order chi connectivity index (χ0) is 16.0. The van der Waals surface area contributed by atoms with Crippen molar-refractivity contribution in [1.29, 1.82) is 0 Å². The van der Waals surface area contributed by atoms with Crippen molar-refractivity contribution in [2.45, 2.75) is 46.6 Å². The number of nitrogens with one attached hydrogen (secondary N) is 1. The molecule has 3 nitrogen and oxygen atoms in total. The highest BCUT2D eigenvalue weighted by molar-refractivity contribution is 6.32. The normalized spacial score (nSPS) is 11.3. The molecule has 0 spiro atoms. The largest absolute Gasteiger partial charge is 0.495 e. The van der Waals surface area contributed by atoms with E-state index in [0.717, 1.165) is 24.3 Å². The molecule has 0 aromatic heterocycles. The Labute approximate surface area is 134 Å². The number of hydrogen-bond acceptors (Lipinski definition) is 3. The Morgan fingerprint density at radius 3 is 1.90 bits per heavy atom. The van der Waals surface area contributed by atoms with E-state index in [1.54, 1.807) is 14.2 Å². The number of ether oxygens (including phenoxy) is 2. The number of hydrogen-bond donors (Lipinski definition) is 1. The first kappa shape index (κ1) is 18.0. The van der Waals surface area contributed by atoms with Gasteiger partial charge in [0.2, 0.25) is 0 Å². The number of halogens is 1. The van der Waals surface area contributed by atoms with Crippen LogP contribution >= 0.6 is 11.6 Å². The van der Waals surface area contributed by atoms with Gasteiger partial charge >= 0.3 is 0 Å². The van der Waals surface area contributed by atoms with Crippen LogP contribution in [0.4, 0.5) is 5.69 Å². The molecule has 0 saturated heterocycles. The van der Waals surface area contributed by atoms with Crippen molar-refractivity contribution in [2.75, 3.05) is 19.5 Å². The van der Waals surface area contributed by atoms with Gasteiger partial charge in [0.15, 0.2) is 0 Å². The van der Waals surface area contributed by atoms with E-state index in [9.17, 15) is 0 Å². The smallest absolute Gasteiger partial charge is 0.145 e. The lowest BCUT2D eigenvalue weighted by atomic mass is 9.95. The van der Waals surface area contributed by atoms with Crippen LogP contribution in [0.1, 0.15) is 40.5 Å². The monoisotopic (exact) mass is 313 g/mol. The maximum absolute atomic E-state index is 6.23. The van der Waals surface area contributed by atoms with E-state index in [1.807, 2.05) is 12.1 Å². The van der Waals surface area contributed by atoms with Gasteiger partial charge in [0.05, 0.1) is 24.9 Å². The summed E-state index contributed by atoms with van der Waals surface area (Å²) in [7, 11) is 3.27. The van der Waals surface area contributed by atoms with Gasteiger partial charge in [0.25, 0.3) is 0 Å². The summed E-state index contributed by atoms with van der Waals surface area (Å²) in [5, 5.41) is 4.18. The molecule has 0 atom stereocenters. The topological polar surface area (TPSA) is 30.5 Å². The summed E-state index contributed by atoms with van der Waals surface area (Å²) in [6.45, 7) is 8.97. The van der Waals surface area contributed by atoms with Crippen molar-refractivity contribution in [3.8, 4) is 11.5 Å². The highest BCUT2D eigenvalue weighted by Gasteiger charge is 2.16. The van der Waals surface area contributed by atoms with Gasteiger partial charge in [-0.05, 0) is 30.7 Å². The van der Waals surface area contributed by atoms with E-state index in [-0.39, 0.29) is 0 Å². The van der Waals surface area contributed by atoms with Gasteiger partial charge in [-0.25, -0.2) is 0 Å². The predicted octanol–water partition coefficient (Wildman–Crippen LogP) is 5.23. The molecule has 0 radical (unpaired) electrons. The molecule has 0 amide bonds. The number of methoxy groups -OCH3 is 2. The van der Waals surface area contributed by atoms with E-state index in [0.29, 0.717) is 28.6 Å². The van der Waals surface area contributed by atoms with Crippen LogP contribution in [-0.2, 0) is 0 Å². The Kier molecular flexibility index (Phi) is 7.16. The second kappa shape index (κ2) is 8.38. The molecule has 0 bridgehead atoms. The van der Waals surface area contributed by atoms with Crippen LogP contribution in [0.15, 0.2) is 12.1 Å². The fraction of sp³-hybridized carbons (Fsp3) is 0.647. The summed E-state index contributed by atoms with van der Waals surface area (Å²) in [5.41, 5.74) is 0.926. The Morgan fingerprint density at radius 2 is 1.48 bits per heavy atom. The van der Waals surface area contributed by atoms with Crippen LogP contribution in [0.25, 0.3) is 0 Å². The highest BCUT2D eigenvalue weighted by atomic mass is 35.5. The minimum Gasteiger partial charge on any atom is -0.495 e. The quantitative estimate of drug-likeness (QED) is 0.713. The fourth-order valence-electron chi connectivity index (χ4n) is 2.54. The second-order valence-electron chi connectivity index (χ2n) is 6.29. The molecule has 0 aliphatic heterocycles. The molecule has 21 heavy (non-hydrogen) atoms. The predicted molar refractivity (Wildman–Crippen MR) is 90.9 cm³/mol. The first-order valence-electron chi connectivity index (χ1n) is 7.55. The van der Waals surface area contributed by atoms with Crippen LogP contribution in [-0.4, -0.2) is 20.3 Å². The van der Waals surface area contributed by atoms with E-state index < -0.39 is 0 Å². The van der Waals surface area contributed by atoms with Gasteiger partial charge in [-0.3, -0.25) is 0 Å². The van der Waals surface area contributed by atoms with E-state index in [1.165, 1.54) is 0 Å². The van der Waals surface area contributed by atoms with E-state index >= 15 is 0 Å². The van der Waals surface area contributed by atoms with Crippen LogP contribution in [0.3, 0.4) is 0 Å². The Morgan fingerprint density at radius 1 is 0.952 bits per heavy atom. The molecule has 1 aromatic carbocycles. The average Bonchev–Trinajstić information content (AvgIpc) is 2.37. The zero-order valence-electron chi connectivity index (χ0n) is 14.0. The Bertz CT molecular complexity index is 437. The lowest BCUT2D eigenvalue weighted by Crippen LogP contribution is -2.24. The van der Waals surface area contributed by atoms with Crippen LogP contribution in [0.5, 0.6) is 11.5 Å². The first-order chi connectivity index (χ1) is 9.87. The summed E-state index contributed by atoms with van der Waals surface area (Å²) in [4.78, 5) is 0. The molecule has 1 aromatic rings. The molecule has 120 valence electrons. The third kappa shape index (κ3) is 5.66. The SMILES string of the molecule is COc1cc(OC)c(NC(CC(C)C)CC(C)C)cc1Cl. The molecular weight excluding hydrogens is 286 g/mol. The van der Waals surface area contributed by atoms with E-state index in [4.69, 9.17) is 21.1 Å². The van der Waals surface area contributed by atoms with Gasteiger partial charge in [-0.15, -0.1) is 0 Å². The van der Waals surface area contributed by atoms with Crippen molar-refractivity contribution < 1.29 is 9.47 Å². The van der Waals surface area contributed by atoms with Crippen molar-refractivity contribution >= 4 is 17.3 Å². The van der Waals surface area contributed by atoms with E-state index in [2.05, 4.69) is 33.0 Å². The average molecular weight is 314 g/mol. The minimum atomic E-state index is 0.406. The summed E-state index contributed by atoms with van der Waals surface area (Å²) in [6.07, 6.45) is 2.23. The van der Waals surface area contributed by atoms with Crippen molar-refractivity contribution in [1.82, 2.24) is 0 Å². The van der Waals surface area contributed by atoms with Gasteiger partial charge < -0.3 is 14.8 Å².